The van der Waals surface area contributed by atoms with Crippen molar-refractivity contribution in [2.75, 3.05) is 4.67 Å². The minimum absolute atomic E-state index is 0.0525. The summed E-state index contributed by atoms with van der Waals surface area (Å²) in [6.45, 7) is 5.54. The summed E-state index contributed by atoms with van der Waals surface area (Å²) in [7, 11) is 2.45. The maximum atomic E-state index is 11.9. The van der Waals surface area contributed by atoms with Gasteiger partial charge in [-0.1, -0.05) is 24.3 Å². The first kappa shape index (κ1) is 10.2. The molecule has 0 bridgehead atoms. The topological polar surface area (TPSA) is 20.3 Å². The zero-order valence-corrected chi connectivity index (χ0v) is 9.68. The Hall–Kier alpha value is -1.36. The van der Waals surface area contributed by atoms with Crippen molar-refractivity contribution in [1.29, 1.82) is 0 Å². The Bertz CT molecular complexity index is 475. The van der Waals surface area contributed by atoms with Gasteiger partial charge in [0.05, 0.1) is 11.6 Å². The van der Waals surface area contributed by atoms with E-state index in [9.17, 15) is 4.79 Å². The summed E-state index contributed by atoms with van der Waals surface area (Å²) in [6.07, 6.45) is 1.71. The molecular formula is C12H12NOP. The lowest BCUT2D eigenvalue weighted by atomic mass is 9.99. The second-order valence-corrected chi connectivity index (χ2v) is 4.14. The molecule has 0 aromatic heterocycles. The van der Waals surface area contributed by atoms with Gasteiger partial charge in [0.1, 0.15) is 0 Å². The molecule has 1 aliphatic rings. The number of nitrogens with zero attached hydrogens (tertiary/aromatic N) is 1. The predicted molar refractivity (Wildman–Crippen MR) is 64.8 cm³/mol. The molecule has 0 spiro atoms. The number of amides is 1. The van der Waals surface area contributed by atoms with Gasteiger partial charge in [0.25, 0.3) is 0 Å². The van der Waals surface area contributed by atoms with Crippen molar-refractivity contribution < 1.29 is 4.79 Å². The van der Waals surface area contributed by atoms with Crippen molar-refractivity contribution in [3.63, 3.8) is 0 Å². The Kier molecular flexibility index (Phi) is 2.48. The van der Waals surface area contributed by atoms with Gasteiger partial charge in [0.2, 0.25) is 5.91 Å². The number of carbonyl (C=O) groups is 1. The molecule has 15 heavy (non-hydrogen) atoms. The Morgan fingerprint density at radius 3 is 3.00 bits per heavy atom. The van der Waals surface area contributed by atoms with Crippen LogP contribution in [0.3, 0.4) is 0 Å². The molecule has 0 N–H and O–H groups in total. The van der Waals surface area contributed by atoms with E-state index >= 15 is 0 Å². The third-order valence-corrected chi connectivity index (χ3v) is 3.10. The normalized spacial score (nSPS) is 18.7. The average Bonchev–Trinajstić information content (AvgIpc) is 2.44. The smallest absolute Gasteiger partial charge is 0.241 e. The Morgan fingerprint density at radius 1 is 1.60 bits per heavy atom. The molecule has 1 aromatic carbocycles. The van der Waals surface area contributed by atoms with Crippen LogP contribution in [0.4, 0.5) is 5.69 Å². The molecule has 2 nitrogen and oxygen atoms in total. The molecule has 2 atom stereocenters. The molecule has 1 aliphatic heterocycles. The second-order valence-electron chi connectivity index (χ2n) is 3.62. The van der Waals surface area contributed by atoms with E-state index in [1.807, 2.05) is 25.1 Å². The van der Waals surface area contributed by atoms with Gasteiger partial charge in [0, 0.05) is 0 Å². The van der Waals surface area contributed by atoms with Crippen LogP contribution in [0.5, 0.6) is 0 Å². The highest BCUT2D eigenvalue weighted by Gasteiger charge is 2.33. The first-order valence-electron chi connectivity index (χ1n) is 4.70. The summed E-state index contributed by atoms with van der Waals surface area (Å²) in [4.78, 5) is 11.9. The fraction of sp³-hybridized carbons (Fsp3) is 0.167. The zero-order chi connectivity index (χ0) is 11.0. The number of carbonyl (C=O) groups excluding carboxylic acids is 1. The van der Waals surface area contributed by atoms with Crippen LogP contribution in [0.1, 0.15) is 17.0 Å². The molecule has 0 saturated heterocycles. The third kappa shape index (κ3) is 1.52. The minimum Gasteiger partial charge on any atom is -0.296 e. The van der Waals surface area contributed by atoms with Gasteiger partial charge in [-0.2, -0.15) is 0 Å². The molecule has 0 aliphatic carbocycles. The molecule has 0 saturated carbocycles. The van der Waals surface area contributed by atoms with Crippen molar-refractivity contribution in [3.8, 4) is 0 Å². The highest BCUT2D eigenvalue weighted by atomic mass is 31.0. The van der Waals surface area contributed by atoms with Crippen molar-refractivity contribution in [2.45, 2.75) is 12.8 Å². The SMILES string of the molecule is C=C=C[C@@H]1C(=O)N(P)c2ccc(C)cc21. The molecule has 2 rings (SSSR count). The van der Waals surface area contributed by atoms with Crippen LogP contribution >= 0.6 is 9.39 Å². The second kappa shape index (κ2) is 3.66. The molecule has 1 unspecified atom stereocenters. The van der Waals surface area contributed by atoms with Crippen LogP contribution < -0.4 is 4.67 Å². The molecule has 1 heterocycles. The molecule has 76 valence electrons. The summed E-state index contributed by atoms with van der Waals surface area (Å²) in [6, 6.07) is 6.01. The van der Waals surface area contributed by atoms with Crippen LogP contribution in [0.15, 0.2) is 36.6 Å². The summed E-state index contributed by atoms with van der Waals surface area (Å²) in [5.41, 5.74) is 5.83. The lowest BCUT2D eigenvalue weighted by Gasteiger charge is -2.08. The standard InChI is InChI=1S/C12H12NOP/c1-3-4-9-10-7-8(2)5-6-11(10)13(15)12(9)14/h4-7,9H,1,15H2,2H3/t9-/m0/s1. The lowest BCUT2D eigenvalue weighted by Crippen LogP contribution is -2.16. The molecular weight excluding hydrogens is 205 g/mol. The Morgan fingerprint density at radius 2 is 2.33 bits per heavy atom. The first-order valence-corrected chi connectivity index (χ1v) is 5.22. The van der Waals surface area contributed by atoms with Crippen LogP contribution in [0.2, 0.25) is 0 Å². The maximum Gasteiger partial charge on any atom is 0.241 e. The van der Waals surface area contributed by atoms with Gasteiger partial charge >= 0.3 is 0 Å². The van der Waals surface area contributed by atoms with E-state index in [1.165, 1.54) is 0 Å². The van der Waals surface area contributed by atoms with Crippen molar-refractivity contribution in [1.82, 2.24) is 0 Å². The fourth-order valence-corrected chi connectivity index (χ4v) is 2.22. The van der Waals surface area contributed by atoms with E-state index in [-0.39, 0.29) is 11.8 Å². The number of benzene rings is 1. The van der Waals surface area contributed by atoms with Gasteiger partial charge in [-0.05, 0) is 34.0 Å². The van der Waals surface area contributed by atoms with Gasteiger partial charge in [0.15, 0.2) is 0 Å². The third-order valence-electron chi connectivity index (χ3n) is 2.57. The summed E-state index contributed by atoms with van der Waals surface area (Å²) < 4.78 is 1.60. The number of aryl methyl sites for hydroxylation is 1. The predicted octanol–water partition coefficient (Wildman–Crippen LogP) is 2.56. The van der Waals surface area contributed by atoms with Crippen LogP contribution in [0.25, 0.3) is 0 Å². The average molecular weight is 217 g/mol. The highest BCUT2D eigenvalue weighted by molar-refractivity contribution is 7.21. The quantitative estimate of drug-likeness (QED) is 0.523. The number of fused-ring (bicyclic) bond motifs is 1. The number of anilines is 1. The monoisotopic (exact) mass is 217 g/mol. The molecule has 1 aromatic rings. The van der Waals surface area contributed by atoms with Gasteiger partial charge in [-0.15, -0.1) is 5.73 Å². The largest absolute Gasteiger partial charge is 0.296 e. The molecule has 0 fully saturated rings. The maximum absolute atomic E-state index is 11.9. The minimum atomic E-state index is -0.227. The van der Waals surface area contributed by atoms with Crippen molar-refractivity contribution in [2.24, 2.45) is 0 Å². The van der Waals surface area contributed by atoms with Gasteiger partial charge < -0.3 is 0 Å². The first-order chi connectivity index (χ1) is 7.15. The van der Waals surface area contributed by atoms with Crippen molar-refractivity contribution in [3.05, 3.63) is 47.7 Å². The molecule has 1 amide bonds. The lowest BCUT2D eigenvalue weighted by molar-refractivity contribution is -0.117. The summed E-state index contributed by atoms with van der Waals surface area (Å²) in [5.74, 6) is -0.174. The van der Waals surface area contributed by atoms with Gasteiger partial charge in [-0.3, -0.25) is 9.46 Å². The van der Waals surface area contributed by atoms with Crippen LogP contribution in [-0.2, 0) is 4.79 Å². The van der Waals surface area contributed by atoms with E-state index < -0.39 is 0 Å². The molecule has 0 radical (unpaired) electrons. The summed E-state index contributed by atoms with van der Waals surface area (Å²) in [5, 5.41) is 0. The van der Waals surface area contributed by atoms with Crippen LogP contribution in [0, 0.1) is 6.92 Å². The Balaban J connectivity index is 2.61. The van der Waals surface area contributed by atoms with E-state index in [4.69, 9.17) is 0 Å². The van der Waals surface area contributed by atoms with E-state index in [2.05, 4.69) is 21.7 Å². The number of hydrogen-bond acceptors (Lipinski definition) is 1. The van der Waals surface area contributed by atoms with E-state index in [0.29, 0.717) is 0 Å². The van der Waals surface area contributed by atoms with E-state index in [0.717, 1.165) is 16.8 Å². The molecule has 3 heteroatoms. The van der Waals surface area contributed by atoms with Gasteiger partial charge in [-0.25, -0.2) is 0 Å². The fourth-order valence-electron chi connectivity index (χ4n) is 1.82. The highest BCUT2D eigenvalue weighted by Crippen LogP contribution is 2.40. The zero-order valence-electron chi connectivity index (χ0n) is 8.53. The van der Waals surface area contributed by atoms with Crippen molar-refractivity contribution >= 4 is 21.0 Å². The number of rotatable bonds is 1. The number of hydrogen-bond donors (Lipinski definition) is 0. The summed E-state index contributed by atoms with van der Waals surface area (Å²) >= 11 is 0. The Labute approximate surface area is 91.5 Å². The van der Waals surface area contributed by atoms with E-state index in [1.54, 1.807) is 10.7 Å². The van der Waals surface area contributed by atoms with Crippen LogP contribution in [-0.4, -0.2) is 5.91 Å².